The zero-order valence-corrected chi connectivity index (χ0v) is 12.7. The standard InChI is InChI=1S/C16H12N2OS2/c17-8-1-2-11-3-5-12(6-4-11)18-16(19)15-10-14-13(21-15)7-9-20-14/h3-7,9-10H,8,17H2,(H,18,19). The Labute approximate surface area is 130 Å². The Morgan fingerprint density at radius 2 is 2.00 bits per heavy atom. The number of benzene rings is 1. The quantitative estimate of drug-likeness (QED) is 0.711. The molecular formula is C16H12N2OS2. The zero-order chi connectivity index (χ0) is 14.7. The summed E-state index contributed by atoms with van der Waals surface area (Å²) in [6, 6.07) is 11.4. The van der Waals surface area contributed by atoms with Crippen LogP contribution in [0.25, 0.3) is 9.40 Å². The summed E-state index contributed by atoms with van der Waals surface area (Å²) in [6.07, 6.45) is 0. The zero-order valence-electron chi connectivity index (χ0n) is 11.1. The second-order valence-corrected chi connectivity index (χ2v) is 6.33. The molecule has 0 aliphatic heterocycles. The molecule has 3 nitrogen and oxygen atoms in total. The molecule has 2 heterocycles. The van der Waals surface area contributed by atoms with E-state index in [4.69, 9.17) is 5.73 Å². The Morgan fingerprint density at radius 3 is 2.71 bits per heavy atom. The first kappa shape index (κ1) is 13.8. The highest BCUT2D eigenvalue weighted by Crippen LogP contribution is 2.30. The predicted octanol–water partition coefficient (Wildman–Crippen LogP) is 3.53. The molecule has 0 aliphatic carbocycles. The lowest BCUT2D eigenvalue weighted by Gasteiger charge is -2.03. The number of carbonyl (C=O) groups is 1. The van der Waals surface area contributed by atoms with Gasteiger partial charge in [-0.1, -0.05) is 11.8 Å². The minimum atomic E-state index is -0.0795. The van der Waals surface area contributed by atoms with Gasteiger partial charge in [-0.3, -0.25) is 4.79 Å². The number of nitrogens with one attached hydrogen (secondary N) is 1. The fourth-order valence-corrected chi connectivity index (χ4v) is 3.86. The van der Waals surface area contributed by atoms with E-state index in [0.717, 1.165) is 25.5 Å². The molecule has 0 aliphatic rings. The molecule has 3 N–H and O–H groups in total. The molecule has 21 heavy (non-hydrogen) atoms. The Bertz CT molecular complexity index is 806. The topological polar surface area (TPSA) is 55.1 Å². The summed E-state index contributed by atoms with van der Waals surface area (Å²) in [6.45, 7) is 0.341. The summed E-state index contributed by atoms with van der Waals surface area (Å²) in [5.74, 6) is 5.66. The van der Waals surface area contributed by atoms with E-state index < -0.39 is 0 Å². The molecule has 1 amide bonds. The van der Waals surface area contributed by atoms with E-state index in [1.807, 2.05) is 41.8 Å². The number of nitrogens with two attached hydrogens (primary N) is 1. The van der Waals surface area contributed by atoms with E-state index in [-0.39, 0.29) is 5.91 Å². The van der Waals surface area contributed by atoms with Gasteiger partial charge in [-0.25, -0.2) is 0 Å². The number of hydrogen-bond acceptors (Lipinski definition) is 4. The van der Waals surface area contributed by atoms with Crippen molar-refractivity contribution in [3.05, 3.63) is 52.2 Å². The fourth-order valence-electron chi connectivity index (χ4n) is 1.86. The summed E-state index contributed by atoms with van der Waals surface area (Å²) in [4.78, 5) is 12.9. The first-order valence-corrected chi connectivity index (χ1v) is 8.03. The molecule has 0 spiro atoms. The average Bonchev–Trinajstić information content (AvgIpc) is 3.07. The number of hydrogen-bond donors (Lipinski definition) is 2. The molecule has 0 bridgehead atoms. The first-order chi connectivity index (χ1) is 10.3. The smallest absolute Gasteiger partial charge is 0.265 e. The first-order valence-electron chi connectivity index (χ1n) is 6.33. The number of anilines is 1. The molecule has 2 aromatic heterocycles. The largest absolute Gasteiger partial charge is 0.321 e. The molecule has 5 heteroatoms. The Kier molecular flexibility index (Phi) is 4.02. The SMILES string of the molecule is NCC#Cc1ccc(NC(=O)c2cc3sccc3s2)cc1. The minimum absolute atomic E-state index is 0.0795. The van der Waals surface area contributed by atoms with E-state index in [1.165, 1.54) is 11.3 Å². The van der Waals surface area contributed by atoms with Crippen molar-refractivity contribution in [3.8, 4) is 11.8 Å². The van der Waals surface area contributed by atoms with E-state index in [2.05, 4.69) is 17.2 Å². The van der Waals surface area contributed by atoms with Crippen molar-refractivity contribution in [2.45, 2.75) is 0 Å². The molecule has 104 valence electrons. The Morgan fingerprint density at radius 1 is 1.19 bits per heavy atom. The van der Waals surface area contributed by atoms with E-state index >= 15 is 0 Å². The molecule has 3 aromatic rings. The van der Waals surface area contributed by atoms with Crippen molar-refractivity contribution in [2.75, 3.05) is 11.9 Å². The molecule has 0 unspecified atom stereocenters. The molecule has 1 aromatic carbocycles. The lowest BCUT2D eigenvalue weighted by atomic mass is 10.2. The number of amides is 1. The van der Waals surface area contributed by atoms with Gasteiger partial charge >= 0.3 is 0 Å². The van der Waals surface area contributed by atoms with Gasteiger partial charge in [0.25, 0.3) is 5.91 Å². The van der Waals surface area contributed by atoms with Gasteiger partial charge in [-0.2, -0.15) is 0 Å². The number of carbonyl (C=O) groups excluding carboxylic acids is 1. The van der Waals surface area contributed by atoms with Gasteiger partial charge in [-0.05, 0) is 41.8 Å². The van der Waals surface area contributed by atoms with Crippen molar-refractivity contribution >= 4 is 43.7 Å². The average molecular weight is 312 g/mol. The minimum Gasteiger partial charge on any atom is -0.321 e. The van der Waals surface area contributed by atoms with Gasteiger partial charge in [-0.15, -0.1) is 22.7 Å². The Hall–Kier alpha value is -2.13. The number of thiophene rings is 2. The van der Waals surface area contributed by atoms with Crippen LogP contribution in [0, 0.1) is 11.8 Å². The van der Waals surface area contributed by atoms with Gasteiger partial charge < -0.3 is 11.1 Å². The lowest BCUT2D eigenvalue weighted by Crippen LogP contribution is -2.09. The van der Waals surface area contributed by atoms with Crippen molar-refractivity contribution in [1.29, 1.82) is 0 Å². The van der Waals surface area contributed by atoms with Crippen molar-refractivity contribution in [2.24, 2.45) is 5.73 Å². The van der Waals surface area contributed by atoms with Gasteiger partial charge in [0.2, 0.25) is 0 Å². The van der Waals surface area contributed by atoms with Crippen molar-refractivity contribution in [3.63, 3.8) is 0 Å². The maximum Gasteiger partial charge on any atom is 0.265 e. The van der Waals surface area contributed by atoms with Crippen LogP contribution in [0.1, 0.15) is 15.2 Å². The highest BCUT2D eigenvalue weighted by Gasteiger charge is 2.11. The summed E-state index contributed by atoms with van der Waals surface area (Å²) >= 11 is 3.15. The van der Waals surface area contributed by atoms with Crippen LogP contribution in [-0.4, -0.2) is 12.5 Å². The van der Waals surface area contributed by atoms with E-state index in [9.17, 15) is 4.79 Å². The predicted molar refractivity (Wildman–Crippen MR) is 90.0 cm³/mol. The van der Waals surface area contributed by atoms with Gasteiger partial charge in [0, 0.05) is 20.7 Å². The molecule has 3 rings (SSSR count). The summed E-state index contributed by atoms with van der Waals surface area (Å²) in [7, 11) is 0. The maximum absolute atomic E-state index is 12.2. The van der Waals surface area contributed by atoms with E-state index in [0.29, 0.717) is 6.54 Å². The van der Waals surface area contributed by atoms with Crippen molar-refractivity contribution in [1.82, 2.24) is 0 Å². The summed E-state index contributed by atoms with van der Waals surface area (Å²) < 4.78 is 2.30. The van der Waals surface area contributed by atoms with Crippen LogP contribution in [0.3, 0.4) is 0 Å². The number of rotatable bonds is 2. The molecular weight excluding hydrogens is 300 g/mol. The Balaban J connectivity index is 1.73. The van der Waals surface area contributed by atoms with Crippen LogP contribution >= 0.6 is 22.7 Å². The van der Waals surface area contributed by atoms with Gasteiger partial charge in [0.15, 0.2) is 0 Å². The molecule has 0 saturated heterocycles. The highest BCUT2D eigenvalue weighted by molar-refractivity contribution is 7.27. The second kappa shape index (κ2) is 6.10. The fraction of sp³-hybridized carbons (Fsp3) is 0.0625. The number of fused-ring (bicyclic) bond motifs is 1. The molecule has 0 fully saturated rings. The summed E-state index contributed by atoms with van der Waals surface area (Å²) in [5.41, 5.74) is 6.97. The van der Waals surface area contributed by atoms with Crippen LogP contribution < -0.4 is 11.1 Å². The van der Waals surface area contributed by atoms with Crippen LogP contribution in [0.2, 0.25) is 0 Å². The maximum atomic E-state index is 12.2. The third-order valence-corrected chi connectivity index (χ3v) is 4.93. The van der Waals surface area contributed by atoms with Gasteiger partial charge in [0.1, 0.15) is 0 Å². The van der Waals surface area contributed by atoms with Crippen molar-refractivity contribution < 1.29 is 4.79 Å². The molecule has 0 radical (unpaired) electrons. The van der Waals surface area contributed by atoms with Crippen LogP contribution in [0.4, 0.5) is 5.69 Å². The monoisotopic (exact) mass is 312 g/mol. The molecule has 0 saturated carbocycles. The second-order valence-electron chi connectivity index (χ2n) is 4.30. The van der Waals surface area contributed by atoms with Crippen LogP contribution in [-0.2, 0) is 0 Å². The lowest BCUT2D eigenvalue weighted by molar-refractivity contribution is 0.103. The van der Waals surface area contributed by atoms with Gasteiger partial charge in [0.05, 0.1) is 11.4 Å². The van der Waals surface area contributed by atoms with Crippen LogP contribution in [0.5, 0.6) is 0 Å². The normalized spacial score (nSPS) is 10.1. The summed E-state index contributed by atoms with van der Waals surface area (Å²) in [5, 5.41) is 4.93. The third kappa shape index (κ3) is 3.14. The van der Waals surface area contributed by atoms with E-state index in [1.54, 1.807) is 11.3 Å². The molecule has 0 atom stereocenters. The highest BCUT2D eigenvalue weighted by atomic mass is 32.1. The van der Waals surface area contributed by atoms with Crippen LogP contribution in [0.15, 0.2) is 41.8 Å². The third-order valence-electron chi connectivity index (χ3n) is 2.84.